The molecule has 0 spiro atoms. The molecule has 2 heterocycles. The van der Waals surface area contributed by atoms with Crippen LogP contribution in [0.25, 0.3) is 5.69 Å². The average Bonchev–Trinajstić information content (AvgIpc) is 3.44. The molecule has 2 aromatic carbocycles. The Bertz CT molecular complexity index is 1040. The zero-order valence-electron chi connectivity index (χ0n) is 16.4. The van der Waals surface area contributed by atoms with Gasteiger partial charge in [-0.15, -0.1) is 0 Å². The molecule has 146 valence electrons. The van der Waals surface area contributed by atoms with Crippen LogP contribution in [-0.4, -0.2) is 51.7 Å². The first-order valence-electron chi connectivity index (χ1n) is 9.73. The van der Waals surface area contributed by atoms with Gasteiger partial charge in [0.15, 0.2) is 5.69 Å². The van der Waals surface area contributed by atoms with Crippen LogP contribution < -0.4 is 0 Å². The highest BCUT2D eigenvalue weighted by molar-refractivity contribution is 5.92. The van der Waals surface area contributed by atoms with E-state index in [4.69, 9.17) is 5.26 Å². The molecule has 3 aromatic rings. The number of likely N-dealkylation sites (tertiary alicyclic amines) is 1. The standard InChI is InChI=1S/C23H23N5O/c1-26(16-18-6-3-2-4-7-18)21-10-12-27(17-21)23(29)22-11-13-28(25-22)20-9-5-8-19(14-20)15-24/h2-9,11,13-14,21H,10,12,16-17H2,1H3. The van der Waals surface area contributed by atoms with Crippen molar-refractivity contribution >= 4 is 5.91 Å². The number of carbonyl (C=O) groups excluding carboxylic acids is 1. The van der Waals surface area contributed by atoms with Gasteiger partial charge in [-0.2, -0.15) is 10.4 Å². The van der Waals surface area contributed by atoms with E-state index in [2.05, 4.69) is 47.4 Å². The largest absolute Gasteiger partial charge is 0.336 e. The Morgan fingerprint density at radius 2 is 2.03 bits per heavy atom. The summed E-state index contributed by atoms with van der Waals surface area (Å²) in [4.78, 5) is 17.1. The zero-order chi connectivity index (χ0) is 20.2. The van der Waals surface area contributed by atoms with Crippen LogP contribution in [0.1, 0.15) is 28.0 Å². The van der Waals surface area contributed by atoms with Crippen LogP contribution in [0.3, 0.4) is 0 Å². The predicted molar refractivity (Wildman–Crippen MR) is 110 cm³/mol. The van der Waals surface area contributed by atoms with Crippen molar-refractivity contribution in [2.24, 2.45) is 0 Å². The van der Waals surface area contributed by atoms with Gasteiger partial charge in [0.2, 0.25) is 0 Å². The number of likely N-dealkylation sites (N-methyl/N-ethyl adjacent to an activating group) is 1. The Kier molecular flexibility index (Phi) is 5.41. The molecule has 0 aliphatic carbocycles. The fraction of sp³-hybridized carbons (Fsp3) is 0.261. The van der Waals surface area contributed by atoms with Crippen LogP contribution in [0, 0.1) is 11.3 Å². The first kappa shape index (κ1) is 18.9. The molecule has 6 heteroatoms. The van der Waals surface area contributed by atoms with Crippen LogP contribution >= 0.6 is 0 Å². The maximum absolute atomic E-state index is 12.9. The van der Waals surface area contributed by atoms with Gasteiger partial charge in [-0.25, -0.2) is 4.68 Å². The van der Waals surface area contributed by atoms with Crippen LogP contribution in [0.4, 0.5) is 0 Å². The van der Waals surface area contributed by atoms with Crippen LogP contribution in [-0.2, 0) is 6.54 Å². The third-order valence-corrected chi connectivity index (χ3v) is 5.40. The van der Waals surface area contributed by atoms with Crippen LogP contribution in [0.2, 0.25) is 0 Å². The second-order valence-corrected chi connectivity index (χ2v) is 7.40. The summed E-state index contributed by atoms with van der Waals surface area (Å²) in [7, 11) is 2.11. The third-order valence-electron chi connectivity index (χ3n) is 5.40. The number of nitrogens with zero attached hydrogens (tertiary/aromatic N) is 5. The molecule has 1 aliphatic heterocycles. The summed E-state index contributed by atoms with van der Waals surface area (Å²) < 4.78 is 1.64. The van der Waals surface area contributed by atoms with Gasteiger partial charge in [0.1, 0.15) is 0 Å². The lowest BCUT2D eigenvalue weighted by molar-refractivity contribution is 0.0773. The summed E-state index contributed by atoms with van der Waals surface area (Å²) in [5.74, 6) is -0.0456. The molecular formula is C23H23N5O. The first-order valence-corrected chi connectivity index (χ1v) is 9.73. The van der Waals surface area contributed by atoms with E-state index < -0.39 is 0 Å². The minimum atomic E-state index is -0.0456. The SMILES string of the molecule is CN(Cc1ccccc1)C1CCN(C(=O)c2ccn(-c3cccc(C#N)c3)n2)C1. The van der Waals surface area contributed by atoms with Crippen LogP contribution in [0.15, 0.2) is 66.9 Å². The van der Waals surface area contributed by atoms with Crippen molar-refractivity contribution < 1.29 is 4.79 Å². The molecule has 1 saturated heterocycles. The zero-order valence-corrected chi connectivity index (χ0v) is 16.4. The maximum Gasteiger partial charge on any atom is 0.274 e. The number of carbonyl (C=O) groups is 1. The van der Waals surface area contributed by atoms with Gasteiger partial charge in [-0.3, -0.25) is 9.69 Å². The molecule has 1 aromatic heterocycles. The lowest BCUT2D eigenvalue weighted by atomic mass is 10.1. The number of amides is 1. The fourth-order valence-electron chi connectivity index (χ4n) is 3.75. The predicted octanol–water partition coefficient (Wildman–Crippen LogP) is 3.09. The number of hydrogen-bond acceptors (Lipinski definition) is 4. The van der Waals surface area contributed by atoms with E-state index in [9.17, 15) is 4.79 Å². The third kappa shape index (κ3) is 4.20. The van der Waals surface area contributed by atoms with Crippen molar-refractivity contribution in [1.82, 2.24) is 19.6 Å². The number of hydrogen-bond donors (Lipinski definition) is 0. The van der Waals surface area contributed by atoms with Gasteiger partial charge in [0.25, 0.3) is 5.91 Å². The molecule has 29 heavy (non-hydrogen) atoms. The van der Waals surface area contributed by atoms with Gasteiger partial charge < -0.3 is 4.90 Å². The molecule has 1 unspecified atom stereocenters. The van der Waals surface area contributed by atoms with Gasteiger partial charge in [0, 0.05) is 31.9 Å². The van der Waals surface area contributed by atoms with Crippen molar-refractivity contribution in [3.63, 3.8) is 0 Å². The van der Waals surface area contributed by atoms with E-state index in [0.717, 1.165) is 25.2 Å². The average molecular weight is 385 g/mol. The molecule has 0 saturated carbocycles. The molecule has 1 amide bonds. The number of nitriles is 1. The van der Waals surface area contributed by atoms with Crippen LogP contribution in [0.5, 0.6) is 0 Å². The highest BCUT2D eigenvalue weighted by Gasteiger charge is 2.30. The van der Waals surface area contributed by atoms with E-state index in [-0.39, 0.29) is 5.91 Å². The Morgan fingerprint density at radius 1 is 1.21 bits per heavy atom. The lowest BCUT2D eigenvalue weighted by Crippen LogP contribution is -2.36. The van der Waals surface area contributed by atoms with Crippen molar-refractivity contribution in [1.29, 1.82) is 5.26 Å². The molecule has 0 N–H and O–H groups in total. The second-order valence-electron chi connectivity index (χ2n) is 7.40. The van der Waals surface area contributed by atoms with E-state index in [1.54, 1.807) is 29.1 Å². The minimum absolute atomic E-state index is 0.0456. The summed E-state index contributed by atoms with van der Waals surface area (Å²) >= 11 is 0. The summed E-state index contributed by atoms with van der Waals surface area (Å²) in [6.45, 7) is 2.32. The summed E-state index contributed by atoms with van der Waals surface area (Å²) in [5, 5.41) is 13.5. The monoisotopic (exact) mass is 385 g/mol. The fourth-order valence-corrected chi connectivity index (χ4v) is 3.75. The van der Waals surface area contributed by atoms with E-state index >= 15 is 0 Å². The summed E-state index contributed by atoms with van der Waals surface area (Å²) in [6, 6.07) is 21.8. The number of aromatic nitrogens is 2. The normalized spacial score (nSPS) is 16.2. The molecule has 6 nitrogen and oxygen atoms in total. The Balaban J connectivity index is 1.40. The van der Waals surface area contributed by atoms with E-state index in [1.165, 1.54) is 5.56 Å². The number of benzene rings is 2. The van der Waals surface area contributed by atoms with Crippen molar-refractivity contribution in [3.8, 4) is 11.8 Å². The van der Waals surface area contributed by atoms with Crippen molar-refractivity contribution in [2.45, 2.75) is 19.0 Å². The molecule has 0 bridgehead atoms. The maximum atomic E-state index is 12.9. The van der Waals surface area contributed by atoms with Gasteiger partial charge in [-0.05, 0) is 43.3 Å². The molecule has 1 atom stereocenters. The quantitative estimate of drug-likeness (QED) is 0.677. The minimum Gasteiger partial charge on any atom is -0.336 e. The second kappa shape index (κ2) is 8.29. The van der Waals surface area contributed by atoms with Gasteiger partial charge in [-0.1, -0.05) is 36.4 Å². The summed E-state index contributed by atoms with van der Waals surface area (Å²) in [5.41, 5.74) is 3.04. The Hall–Kier alpha value is -3.43. The molecular weight excluding hydrogens is 362 g/mol. The molecule has 4 rings (SSSR count). The molecule has 1 aliphatic rings. The topological polar surface area (TPSA) is 65.2 Å². The smallest absolute Gasteiger partial charge is 0.274 e. The number of rotatable bonds is 5. The Morgan fingerprint density at radius 3 is 2.83 bits per heavy atom. The highest BCUT2D eigenvalue weighted by Crippen LogP contribution is 2.19. The first-order chi connectivity index (χ1) is 14.1. The van der Waals surface area contributed by atoms with Gasteiger partial charge in [0.05, 0.1) is 17.3 Å². The van der Waals surface area contributed by atoms with Crippen molar-refractivity contribution in [3.05, 3.63) is 83.7 Å². The summed E-state index contributed by atoms with van der Waals surface area (Å²) in [6.07, 6.45) is 2.72. The van der Waals surface area contributed by atoms with Gasteiger partial charge >= 0.3 is 0 Å². The molecule has 1 fully saturated rings. The lowest BCUT2D eigenvalue weighted by Gasteiger charge is -2.24. The molecule has 0 radical (unpaired) electrons. The van der Waals surface area contributed by atoms with E-state index in [1.807, 2.05) is 23.1 Å². The Labute approximate surface area is 170 Å². The van der Waals surface area contributed by atoms with E-state index in [0.29, 0.717) is 23.8 Å². The van der Waals surface area contributed by atoms with Crippen molar-refractivity contribution in [2.75, 3.05) is 20.1 Å². The highest BCUT2D eigenvalue weighted by atomic mass is 16.2.